The van der Waals surface area contributed by atoms with Crippen molar-refractivity contribution in [3.8, 4) is 11.1 Å². The first-order chi connectivity index (χ1) is 21.8. The molecule has 0 saturated carbocycles. The van der Waals surface area contributed by atoms with Crippen molar-refractivity contribution < 1.29 is 0 Å². The normalized spacial score (nSPS) is 17.8. The molecule has 0 saturated heterocycles. The minimum Gasteiger partial charge on any atom is -0.389 e. The molecule has 0 fully saturated rings. The molecule has 0 aromatic heterocycles. The van der Waals surface area contributed by atoms with E-state index in [-0.39, 0.29) is 0 Å². The van der Waals surface area contributed by atoms with E-state index in [1.165, 1.54) is 57.1 Å². The van der Waals surface area contributed by atoms with Gasteiger partial charge in [0.25, 0.3) is 0 Å². The Balaban J connectivity index is 1.07. The van der Waals surface area contributed by atoms with E-state index in [2.05, 4.69) is 160 Å². The molecule has 0 radical (unpaired) electrons. The van der Waals surface area contributed by atoms with Gasteiger partial charge in [0.2, 0.25) is 0 Å². The van der Waals surface area contributed by atoms with Crippen molar-refractivity contribution in [2.24, 2.45) is 0 Å². The van der Waals surface area contributed by atoms with Crippen molar-refractivity contribution in [1.82, 2.24) is 10.6 Å². The summed E-state index contributed by atoms with van der Waals surface area (Å²) in [6.07, 6.45) is 16.9. The Labute approximate surface area is 261 Å². The fraction of sp³-hybridized carbons (Fsp3) is 0.200. The quantitative estimate of drug-likeness (QED) is 0.219. The molecule has 0 amide bonds. The smallest absolute Gasteiger partial charge is 0.0557 e. The van der Waals surface area contributed by atoms with E-state index in [1.807, 2.05) is 0 Å². The van der Waals surface area contributed by atoms with Crippen molar-refractivity contribution in [2.45, 2.75) is 38.1 Å². The Bertz CT molecular complexity index is 1670. The van der Waals surface area contributed by atoms with Crippen molar-refractivity contribution >= 4 is 22.6 Å². The highest BCUT2D eigenvalue weighted by Crippen LogP contribution is 2.35. The highest BCUT2D eigenvalue weighted by Gasteiger charge is 2.23. The SMILES string of the molecule is C1=CC(N(C2=CNCCC2)c2ccccc2)CC=C1c1ccc(-c2ccc(N(C3=CNCCC3)c3ccccc3)cc2)cc1. The number of allylic oxidation sites excluding steroid dienone is 4. The number of anilines is 3. The molecule has 4 aromatic carbocycles. The number of rotatable bonds is 8. The number of para-hydroxylation sites is 2. The summed E-state index contributed by atoms with van der Waals surface area (Å²) >= 11 is 0. The summed E-state index contributed by atoms with van der Waals surface area (Å²) < 4.78 is 0. The zero-order valence-corrected chi connectivity index (χ0v) is 25.2. The van der Waals surface area contributed by atoms with Gasteiger partial charge >= 0.3 is 0 Å². The predicted molar refractivity (Wildman–Crippen MR) is 186 cm³/mol. The molecule has 2 N–H and O–H groups in total. The molecule has 7 rings (SSSR count). The number of benzene rings is 4. The van der Waals surface area contributed by atoms with Crippen LogP contribution in [-0.2, 0) is 0 Å². The topological polar surface area (TPSA) is 30.5 Å². The third kappa shape index (κ3) is 6.07. The summed E-state index contributed by atoms with van der Waals surface area (Å²) in [4.78, 5) is 4.87. The lowest BCUT2D eigenvalue weighted by atomic mass is 9.94. The maximum absolute atomic E-state index is 3.46. The molecule has 4 aromatic rings. The fourth-order valence-corrected chi connectivity index (χ4v) is 6.52. The molecule has 0 bridgehead atoms. The van der Waals surface area contributed by atoms with Gasteiger partial charge in [-0.25, -0.2) is 0 Å². The van der Waals surface area contributed by atoms with Crippen LogP contribution < -0.4 is 20.4 Å². The number of nitrogens with one attached hydrogen (secondary N) is 2. The van der Waals surface area contributed by atoms with Gasteiger partial charge in [-0.1, -0.05) is 91.0 Å². The summed E-state index contributed by atoms with van der Waals surface area (Å²) in [5.74, 6) is 0. The van der Waals surface area contributed by atoms with E-state index in [1.54, 1.807) is 0 Å². The van der Waals surface area contributed by atoms with Gasteiger partial charge in [-0.2, -0.15) is 0 Å². The molecule has 0 spiro atoms. The first-order valence-corrected chi connectivity index (χ1v) is 16.0. The maximum atomic E-state index is 3.46. The molecule has 220 valence electrons. The Hall–Kier alpha value is -4.96. The average molecular weight is 577 g/mol. The zero-order chi connectivity index (χ0) is 29.6. The van der Waals surface area contributed by atoms with Crippen LogP contribution >= 0.6 is 0 Å². The Morgan fingerprint density at radius 1 is 0.545 bits per heavy atom. The molecular formula is C40H40N4. The standard InChI is InChI=1S/C40H40N4/c1-3-9-35(10-4-1)43(39-13-7-27-41-29-39)37-23-19-33(20-24-37)31-15-17-32(18-16-31)34-21-25-38(26-22-34)44(36-11-5-2-6-12-36)40-14-8-28-42-30-40/h1-6,9-12,15-25,29-30,38,41-42H,7-8,13-14,26-28H2. The minimum atomic E-state index is 0.306. The van der Waals surface area contributed by atoms with E-state index in [0.717, 1.165) is 38.8 Å². The molecule has 1 atom stereocenters. The molecule has 3 aliphatic rings. The summed E-state index contributed by atoms with van der Waals surface area (Å²) in [5.41, 5.74) is 11.3. The van der Waals surface area contributed by atoms with E-state index in [0.29, 0.717) is 6.04 Å². The molecule has 44 heavy (non-hydrogen) atoms. The summed E-state index contributed by atoms with van der Waals surface area (Å²) in [6.45, 7) is 2.09. The molecule has 1 unspecified atom stereocenters. The van der Waals surface area contributed by atoms with Gasteiger partial charge in [-0.15, -0.1) is 0 Å². The predicted octanol–water partition coefficient (Wildman–Crippen LogP) is 9.16. The highest BCUT2D eigenvalue weighted by atomic mass is 15.2. The number of nitrogens with zero attached hydrogens (tertiary/aromatic N) is 2. The lowest BCUT2D eigenvalue weighted by molar-refractivity contribution is 0.642. The molecule has 4 nitrogen and oxygen atoms in total. The van der Waals surface area contributed by atoms with E-state index >= 15 is 0 Å². The van der Waals surface area contributed by atoms with Gasteiger partial charge < -0.3 is 20.4 Å². The van der Waals surface area contributed by atoms with Crippen molar-refractivity contribution in [3.05, 3.63) is 157 Å². The van der Waals surface area contributed by atoms with Gasteiger partial charge in [-0.3, -0.25) is 0 Å². The van der Waals surface area contributed by atoms with Crippen LogP contribution in [-0.4, -0.2) is 19.1 Å². The minimum absolute atomic E-state index is 0.306. The second kappa shape index (κ2) is 13.1. The Morgan fingerprint density at radius 2 is 1.09 bits per heavy atom. The molecular weight excluding hydrogens is 536 g/mol. The van der Waals surface area contributed by atoms with Crippen molar-refractivity contribution in [3.63, 3.8) is 0 Å². The molecule has 4 heteroatoms. The zero-order valence-electron chi connectivity index (χ0n) is 25.2. The third-order valence-electron chi connectivity index (χ3n) is 8.78. The largest absolute Gasteiger partial charge is 0.389 e. The van der Waals surface area contributed by atoms with E-state index in [4.69, 9.17) is 0 Å². The number of hydrogen-bond donors (Lipinski definition) is 2. The summed E-state index contributed by atoms with van der Waals surface area (Å²) in [5, 5.41) is 6.89. The van der Waals surface area contributed by atoms with Crippen LogP contribution in [0, 0.1) is 0 Å². The first-order valence-electron chi connectivity index (χ1n) is 16.0. The van der Waals surface area contributed by atoms with Gasteiger partial charge in [0.1, 0.15) is 0 Å². The van der Waals surface area contributed by atoms with Crippen LogP contribution in [0.1, 0.15) is 37.7 Å². The summed E-state index contributed by atoms with van der Waals surface area (Å²) in [7, 11) is 0. The van der Waals surface area contributed by atoms with Crippen molar-refractivity contribution in [1.29, 1.82) is 0 Å². The summed E-state index contributed by atoms with van der Waals surface area (Å²) in [6, 6.07) is 39.8. The third-order valence-corrected chi connectivity index (χ3v) is 8.78. The van der Waals surface area contributed by atoms with Crippen molar-refractivity contribution in [2.75, 3.05) is 22.9 Å². The molecule has 2 aliphatic heterocycles. The van der Waals surface area contributed by atoms with Gasteiger partial charge in [0, 0.05) is 53.9 Å². The van der Waals surface area contributed by atoms with Crippen LogP contribution in [0.25, 0.3) is 16.7 Å². The molecule has 2 heterocycles. The highest BCUT2D eigenvalue weighted by molar-refractivity contribution is 5.78. The second-order valence-corrected chi connectivity index (χ2v) is 11.7. The van der Waals surface area contributed by atoms with Gasteiger partial charge in [0.05, 0.1) is 6.04 Å². The Morgan fingerprint density at radius 3 is 1.66 bits per heavy atom. The van der Waals surface area contributed by atoms with Crippen LogP contribution in [0.4, 0.5) is 17.1 Å². The average Bonchev–Trinajstić information content (AvgIpc) is 3.11. The van der Waals surface area contributed by atoms with E-state index in [9.17, 15) is 0 Å². The fourth-order valence-electron chi connectivity index (χ4n) is 6.52. The second-order valence-electron chi connectivity index (χ2n) is 11.7. The first kappa shape index (κ1) is 27.8. The lowest BCUT2D eigenvalue weighted by Crippen LogP contribution is -2.36. The van der Waals surface area contributed by atoms with E-state index < -0.39 is 0 Å². The van der Waals surface area contributed by atoms with Gasteiger partial charge in [-0.05, 0) is 90.8 Å². The Kier molecular flexibility index (Phi) is 8.31. The van der Waals surface area contributed by atoms with Crippen LogP contribution in [0.3, 0.4) is 0 Å². The monoisotopic (exact) mass is 576 g/mol. The maximum Gasteiger partial charge on any atom is 0.0557 e. The van der Waals surface area contributed by atoms with Gasteiger partial charge in [0.15, 0.2) is 0 Å². The molecule has 1 aliphatic carbocycles. The van der Waals surface area contributed by atoms with Crippen LogP contribution in [0.2, 0.25) is 0 Å². The van der Waals surface area contributed by atoms with Crippen LogP contribution in [0.5, 0.6) is 0 Å². The lowest BCUT2D eigenvalue weighted by Gasteiger charge is -2.36. The number of hydrogen-bond acceptors (Lipinski definition) is 4. The van der Waals surface area contributed by atoms with Crippen LogP contribution in [0.15, 0.2) is 151 Å².